The molecular formula is C16H24N6O. The molecular weight excluding hydrogens is 292 g/mol. The van der Waals surface area contributed by atoms with E-state index in [-0.39, 0.29) is 0 Å². The van der Waals surface area contributed by atoms with Crippen LogP contribution in [-0.4, -0.2) is 55.7 Å². The second-order valence-electron chi connectivity index (χ2n) is 6.49. The van der Waals surface area contributed by atoms with Gasteiger partial charge in [-0.1, -0.05) is 18.1 Å². The van der Waals surface area contributed by atoms with Gasteiger partial charge in [-0.3, -0.25) is 4.90 Å². The van der Waals surface area contributed by atoms with E-state index in [1.165, 1.54) is 25.7 Å². The van der Waals surface area contributed by atoms with Crippen LogP contribution < -0.4 is 0 Å². The Kier molecular flexibility index (Phi) is 4.39. The monoisotopic (exact) mass is 316 g/mol. The summed E-state index contributed by atoms with van der Waals surface area (Å²) in [5.41, 5.74) is 1.01. The van der Waals surface area contributed by atoms with Crippen LogP contribution in [0.4, 0.5) is 0 Å². The SMILES string of the molecule is c1cn(Cc2cn(C3CCCC3)nn2)c(CN2CCOCC2)n1. The summed E-state index contributed by atoms with van der Waals surface area (Å²) >= 11 is 0. The van der Waals surface area contributed by atoms with E-state index in [9.17, 15) is 0 Å². The number of nitrogens with zero attached hydrogens (tertiary/aromatic N) is 6. The van der Waals surface area contributed by atoms with Gasteiger partial charge in [-0.25, -0.2) is 9.67 Å². The highest BCUT2D eigenvalue weighted by atomic mass is 16.5. The van der Waals surface area contributed by atoms with Crippen LogP contribution in [-0.2, 0) is 17.8 Å². The van der Waals surface area contributed by atoms with Crippen LogP contribution in [0.3, 0.4) is 0 Å². The Morgan fingerprint density at radius 3 is 2.78 bits per heavy atom. The molecule has 2 aromatic heterocycles. The zero-order chi connectivity index (χ0) is 15.5. The molecule has 0 amide bonds. The Balaban J connectivity index is 1.41. The van der Waals surface area contributed by atoms with Crippen molar-refractivity contribution in [3.63, 3.8) is 0 Å². The van der Waals surface area contributed by atoms with Crippen LogP contribution in [0.5, 0.6) is 0 Å². The van der Waals surface area contributed by atoms with E-state index < -0.39 is 0 Å². The smallest absolute Gasteiger partial charge is 0.123 e. The number of rotatable bonds is 5. The summed E-state index contributed by atoms with van der Waals surface area (Å²) in [6.45, 7) is 5.20. The van der Waals surface area contributed by atoms with Gasteiger partial charge in [-0.05, 0) is 12.8 Å². The average Bonchev–Trinajstić information content (AvgIpc) is 3.31. The lowest BCUT2D eigenvalue weighted by Gasteiger charge is -2.26. The van der Waals surface area contributed by atoms with Crippen LogP contribution in [0, 0.1) is 0 Å². The van der Waals surface area contributed by atoms with Crippen LogP contribution in [0.2, 0.25) is 0 Å². The Labute approximate surface area is 136 Å². The summed E-state index contributed by atoms with van der Waals surface area (Å²) in [5, 5.41) is 8.68. The Bertz CT molecular complexity index is 624. The molecule has 1 saturated heterocycles. The lowest BCUT2D eigenvalue weighted by molar-refractivity contribution is 0.0326. The van der Waals surface area contributed by atoms with Crippen molar-refractivity contribution >= 4 is 0 Å². The molecule has 1 aliphatic heterocycles. The minimum Gasteiger partial charge on any atom is -0.379 e. The van der Waals surface area contributed by atoms with E-state index in [2.05, 4.69) is 35.6 Å². The van der Waals surface area contributed by atoms with E-state index in [0.717, 1.165) is 50.9 Å². The zero-order valence-electron chi connectivity index (χ0n) is 13.5. The molecule has 3 heterocycles. The molecule has 0 aromatic carbocycles. The third-order valence-electron chi connectivity index (χ3n) is 4.86. The van der Waals surface area contributed by atoms with Crippen molar-refractivity contribution in [3.8, 4) is 0 Å². The molecule has 1 saturated carbocycles. The second-order valence-corrected chi connectivity index (χ2v) is 6.49. The first kappa shape index (κ1) is 14.8. The summed E-state index contributed by atoms with van der Waals surface area (Å²) < 4.78 is 9.64. The normalized spacial score (nSPS) is 20.3. The number of morpholine rings is 1. The molecule has 0 spiro atoms. The molecule has 0 bridgehead atoms. The predicted octanol–water partition coefficient (Wildman–Crippen LogP) is 1.47. The van der Waals surface area contributed by atoms with Gasteiger partial charge in [0.05, 0.1) is 38.5 Å². The molecule has 23 heavy (non-hydrogen) atoms. The van der Waals surface area contributed by atoms with Crippen molar-refractivity contribution < 1.29 is 4.74 Å². The predicted molar refractivity (Wildman–Crippen MR) is 85.0 cm³/mol. The maximum absolute atomic E-state index is 5.41. The molecule has 2 aliphatic rings. The van der Waals surface area contributed by atoms with E-state index >= 15 is 0 Å². The topological polar surface area (TPSA) is 61.0 Å². The van der Waals surface area contributed by atoms with Crippen molar-refractivity contribution in [2.75, 3.05) is 26.3 Å². The highest BCUT2D eigenvalue weighted by molar-refractivity contribution is 5.01. The molecule has 7 heteroatoms. The van der Waals surface area contributed by atoms with Crippen molar-refractivity contribution in [2.45, 2.75) is 44.8 Å². The van der Waals surface area contributed by atoms with Crippen molar-refractivity contribution in [3.05, 3.63) is 30.1 Å². The third kappa shape index (κ3) is 3.45. The minimum atomic E-state index is 0.548. The van der Waals surface area contributed by atoms with Gasteiger partial charge in [0.1, 0.15) is 11.5 Å². The maximum atomic E-state index is 5.41. The van der Waals surface area contributed by atoms with Gasteiger partial charge in [0.2, 0.25) is 0 Å². The van der Waals surface area contributed by atoms with E-state index in [4.69, 9.17) is 4.74 Å². The number of aromatic nitrogens is 5. The summed E-state index contributed by atoms with van der Waals surface area (Å²) in [6, 6.07) is 0.548. The number of hydrogen-bond donors (Lipinski definition) is 0. The van der Waals surface area contributed by atoms with Gasteiger partial charge in [-0.15, -0.1) is 5.10 Å². The molecule has 0 N–H and O–H groups in total. The summed E-state index contributed by atoms with van der Waals surface area (Å²) in [4.78, 5) is 6.90. The number of hydrogen-bond acceptors (Lipinski definition) is 5. The first-order valence-electron chi connectivity index (χ1n) is 8.59. The minimum absolute atomic E-state index is 0.548. The molecule has 1 aliphatic carbocycles. The van der Waals surface area contributed by atoms with Crippen molar-refractivity contribution in [2.24, 2.45) is 0 Å². The van der Waals surface area contributed by atoms with Gasteiger partial charge >= 0.3 is 0 Å². The summed E-state index contributed by atoms with van der Waals surface area (Å²) in [5.74, 6) is 1.09. The van der Waals surface area contributed by atoms with Crippen LogP contribution in [0.25, 0.3) is 0 Å². The van der Waals surface area contributed by atoms with E-state index in [1.807, 2.05) is 12.4 Å². The van der Waals surface area contributed by atoms with Gasteiger partial charge < -0.3 is 9.30 Å². The van der Waals surface area contributed by atoms with Gasteiger partial charge in [0.15, 0.2) is 0 Å². The standard InChI is InChI=1S/C16H24N6O/c1-2-4-15(3-1)22-12-14(18-19-22)11-21-6-5-17-16(21)13-20-7-9-23-10-8-20/h5-6,12,15H,1-4,7-11,13H2. The van der Waals surface area contributed by atoms with Crippen LogP contribution in [0.15, 0.2) is 18.6 Å². The molecule has 2 aromatic rings. The fourth-order valence-electron chi connectivity index (χ4n) is 3.50. The maximum Gasteiger partial charge on any atom is 0.123 e. The average molecular weight is 316 g/mol. The quantitative estimate of drug-likeness (QED) is 0.836. The Morgan fingerprint density at radius 1 is 1.13 bits per heavy atom. The fourth-order valence-corrected chi connectivity index (χ4v) is 3.50. The third-order valence-corrected chi connectivity index (χ3v) is 4.86. The molecule has 124 valence electrons. The Hall–Kier alpha value is -1.73. The number of ether oxygens (including phenoxy) is 1. The lowest BCUT2D eigenvalue weighted by atomic mass is 10.2. The highest BCUT2D eigenvalue weighted by Gasteiger charge is 2.19. The zero-order valence-corrected chi connectivity index (χ0v) is 13.5. The van der Waals surface area contributed by atoms with Crippen LogP contribution >= 0.6 is 0 Å². The molecule has 4 rings (SSSR count). The van der Waals surface area contributed by atoms with E-state index in [0.29, 0.717) is 6.04 Å². The first-order valence-corrected chi connectivity index (χ1v) is 8.59. The largest absolute Gasteiger partial charge is 0.379 e. The molecule has 0 atom stereocenters. The fraction of sp³-hybridized carbons (Fsp3) is 0.688. The first-order chi connectivity index (χ1) is 11.4. The second kappa shape index (κ2) is 6.80. The Morgan fingerprint density at radius 2 is 1.96 bits per heavy atom. The van der Waals surface area contributed by atoms with Gasteiger partial charge in [-0.2, -0.15) is 0 Å². The molecule has 2 fully saturated rings. The van der Waals surface area contributed by atoms with E-state index in [1.54, 1.807) is 0 Å². The van der Waals surface area contributed by atoms with Crippen molar-refractivity contribution in [1.82, 2.24) is 29.4 Å². The molecule has 0 unspecified atom stereocenters. The van der Waals surface area contributed by atoms with Crippen LogP contribution in [0.1, 0.15) is 43.2 Å². The molecule has 7 nitrogen and oxygen atoms in total. The van der Waals surface area contributed by atoms with Gasteiger partial charge in [0, 0.05) is 25.5 Å². The molecule has 0 radical (unpaired) electrons. The summed E-state index contributed by atoms with van der Waals surface area (Å²) in [6.07, 6.45) is 11.1. The van der Waals surface area contributed by atoms with Crippen molar-refractivity contribution in [1.29, 1.82) is 0 Å². The highest BCUT2D eigenvalue weighted by Crippen LogP contribution is 2.28. The van der Waals surface area contributed by atoms with Gasteiger partial charge in [0.25, 0.3) is 0 Å². The lowest BCUT2D eigenvalue weighted by Crippen LogP contribution is -2.36. The number of imidazole rings is 1. The summed E-state index contributed by atoms with van der Waals surface area (Å²) in [7, 11) is 0.